The third-order valence-electron chi connectivity index (χ3n) is 5.45. The van der Waals surface area contributed by atoms with Crippen LogP contribution >= 0.6 is 0 Å². The number of aryl methyl sites for hydroxylation is 1. The van der Waals surface area contributed by atoms with E-state index in [9.17, 15) is 0 Å². The van der Waals surface area contributed by atoms with Crippen molar-refractivity contribution in [3.63, 3.8) is 0 Å². The molecule has 1 fully saturated rings. The number of rotatable bonds is 8. The number of H-pyrrole nitrogens is 1. The van der Waals surface area contributed by atoms with Crippen LogP contribution in [0.1, 0.15) is 29.8 Å². The summed E-state index contributed by atoms with van der Waals surface area (Å²) in [6.07, 6.45) is 3.51. The third kappa shape index (κ3) is 5.23. The number of likely N-dealkylation sites (tertiary alicyclic amines) is 1. The van der Waals surface area contributed by atoms with Crippen molar-refractivity contribution >= 4 is 0 Å². The summed E-state index contributed by atoms with van der Waals surface area (Å²) in [4.78, 5) is 5.02. The molecule has 1 aliphatic rings. The van der Waals surface area contributed by atoms with Crippen LogP contribution in [0.2, 0.25) is 0 Å². The number of likely N-dealkylation sites (N-methyl/N-ethyl adjacent to an activating group) is 1. The van der Waals surface area contributed by atoms with Gasteiger partial charge in [0, 0.05) is 31.4 Å². The van der Waals surface area contributed by atoms with Crippen LogP contribution in [-0.2, 0) is 13.0 Å². The second-order valence-electron chi connectivity index (χ2n) is 7.49. The summed E-state index contributed by atoms with van der Waals surface area (Å²) in [5.74, 6) is 1.59. The van der Waals surface area contributed by atoms with Gasteiger partial charge < -0.3 is 14.4 Å². The first kappa shape index (κ1) is 19.7. The predicted octanol–water partition coefficient (Wildman–Crippen LogP) is 2.87. The van der Waals surface area contributed by atoms with E-state index in [0.717, 1.165) is 55.5 Å². The van der Waals surface area contributed by atoms with Crippen LogP contribution in [0, 0.1) is 6.92 Å². The number of ether oxygens (including phenoxy) is 2. The minimum Gasteiger partial charge on any atom is -0.493 e. The molecule has 0 amide bonds. The molecule has 1 aromatic heterocycles. The third-order valence-corrected chi connectivity index (χ3v) is 5.45. The Morgan fingerprint density at radius 2 is 2.04 bits per heavy atom. The molecule has 1 N–H and O–H groups in total. The maximum atomic E-state index is 5.42. The molecule has 0 radical (unpaired) electrons. The second kappa shape index (κ2) is 9.24. The van der Waals surface area contributed by atoms with E-state index in [1.54, 1.807) is 14.2 Å². The molecule has 1 saturated heterocycles. The highest BCUT2D eigenvalue weighted by atomic mass is 16.5. The predicted molar refractivity (Wildman–Crippen MR) is 108 cm³/mol. The maximum Gasteiger partial charge on any atom is 0.160 e. The van der Waals surface area contributed by atoms with E-state index in [2.05, 4.69) is 52.2 Å². The SMILES string of the molecule is COc1ccc(CCN(C)C2CCCN(Cc3cc(C)[nH]n3)C2)cc1OC. The summed E-state index contributed by atoms with van der Waals surface area (Å²) in [7, 11) is 5.60. The minimum atomic E-state index is 0.596. The number of methoxy groups -OCH3 is 2. The van der Waals surface area contributed by atoms with Crippen LogP contribution in [0.25, 0.3) is 0 Å². The molecule has 27 heavy (non-hydrogen) atoms. The molecule has 0 aliphatic carbocycles. The Balaban J connectivity index is 1.52. The van der Waals surface area contributed by atoms with Gasteiger partial charge in [0.2, 0.25) is 0 Å². The lowest BCUT2D eigenvalue weighted by Crippen LogP contribution is -2.46. The zero-order valence-electron chi connectivity index (χ0n) is 17.0. The average molecular weight is 373 g/mol. The average Bonchev–Trinajstić information content (AvgIpc) is 3.10. The van der Waals surface area contributed by atoms with E-state index in [1.165, 1.54) is 18.4 Å². The standard InChI is InChI=1S/C21H32N4O2/c1-16-12-18(23-22-16)14-25-10-5-6-19(15-25)24(2)11-9-17-7-8-20(26-3)21(13-17)27-4/h7-8,12-13,19H,5-6,9-11,14-15H2,1-4H3,(H,22,23). The monoisotopic (exact) mass is 372 g/mol. The molecule has 0 bridgehead atoms. The fourth-order valence-corrected chi connectivity index (χ4v) is 3.84. The first-order valence-corrected chi connectivity index (χ1v) is 9.73. The molecule has 1 unspecified atom stereocenters. The van der Waals surface area contributed by atoms with Crippen molar-refractivity contribution in [2.45, 2.75) is 38.8 Å². The smallest absolute Gasteiger partial charge is 0.160 e. The molecule has 6 heteroatoms. The topological polar surface area (TPSA) is 53.6 Å². The molecule has 1 aliphatic heterocycles. The van der Waals surface area contributed by atoms with Gasteiger partial charge in [-0.05, 0) is 63.5 Å². The number of piperidine rings is 1. The quantitative estimate of drug-likeness (QED) is 0.772. The second-order valence-corrected chi connectivity index (χ2v) is 7.49. The number of benzene rings is 1. The zero-order valence-corrected chi connectivity index (χ0v) is 17.0. The van der Waals surface area contributed by atoms with Gasteiger partial charge in [0.05, 0.1) is 19.9 Å². The van der Waals surface area contributed by atoms with Crippen molar-refractivity contribution < 1.29 is 9.47 Å². The Labute approximate surface area is 162 Å². The fraction of sp³-hybridized carbons (Fsp3) is 0.571. The number of hydrogen-bond donors (Lipinski definition) is 1. The molecule has 148 valence electrons. The highest BCUT2D eigenvalue weighted by Crippen LogP contribution is 2.28. The van der Waals surface area contributed by atoms with Crippen LogP contribution in [0.4, 0.5) is 0 Å². The van der Waals surface area contributed by atoms with E-state index in [-0.39, 0.29) is 0 Å². The lowest BCUT2D eigenvalue weighted by Gasteiger charge is -2.37. The Morgan fingerprint density at radius 1 is 1.22 bits per heavy atom. The number of nitrogens with one attached hydrogen (secondary N) is 1. The molecular weight excluding hydrogens is 340 g/mol. The van der Waals surface area contributed by atoms with E-state index in [1.807, 2.05) is 6.07 Å². The van der Waals surface area contributed by atoms with Gasteiger partial charge in [-0.1, -0.05) is 6.07 Å². The van der Waals surface area contributed by atoms with Gasteiger partial charge in [0.15, 0.2) is 11.5 Å². The van der Waals surface area contributed by atoms with Gasteiger partial charge in [-0.2, -0.15) is 5.10 Å². The van der Waals surface area contributed by atoms with Crippen LogP contribution in [0.5, 0.6) is 11.5 Å². The normalized spacial score (nSPS) is 18.0. The number of hydrogen-bond acceptors (Lipinski definition) is 5. The van der Waals surface area contributed by atoms with Gasteiger partial charge in [0.25, 0.3) is 0 Å². The van der Waals surface area contributed by atoms with Crippen LogP contribution < -0.4 is 9.47 Å². The molecule has 2 aromatic rings. The van der Waals surface area contributed by atoms with Gasteiger partial charge >= 0.3 is 0 Å². The van der Waals surface area contributed by atoms with Crippen molar-refractivity contribution in [2.24, 2.45) is 0 Å². The molecule has 6 nitrogen and oxygen atoms in total. The largest absolute Gasteiger partial charge is 0.493 e. The zero-order chi connectivity index (χ0) is 19.2. The Morgan fingerprint density at radius 3 is 2.74 bits per heavy atom. The molecule has 0 spiro atoms. The van der Waals surface area contributed by atoms with Crippen LogP contribution in [0.3, 0.4) is 0 Å². The molecule has 3 rings (SSSR count). The molecule has 1 atom stereocenters. The molecule has 2 heterocycles. The van der Waals surface area contributed by atoms with E-state index in [0.29, 0.717) is 6.04 Å². The van der Waals surface area contributed by atoms with Gasteiger partial charge in [-0.25, -0.2) is 0 Å². The first-order chi connectivity index (χ1) is 13.1. The maximum absolute atomic E-state index is 5.42. The lowest BCUT2D eigenvalue weighted by molar-refractivity contribution is 0.111. The molecule has 1 aromatic carbocycles. The Bertz CT molecular complexity index is 731. The highest BCUT2D eigenvalue weighted by Gasteiger charge is 2.23. The molecule has 0 saturated carbocycles. The highest BCUT2D eigenvalue weighted by molar-refractivity contribution is 5.42. The van der Waals surface area contributed by atoms with Gasteiger partial charge in [0.1, 0.15) is 0 Å². The van der Waals surface area contributed by atoms with Crippen molar-refractivity contribution in [1.82, 2.24) is 20.0 Å². The fourth-order valence-electron chi connectivity index (χ4n) is 3.84. The van der Waals surface area contributed by atoms with Crippen molar-refractivity contribution in [2.75, 3.05) is 40.9 Å². The minimum absolute atomic E-state index is 0.596. The van der Waals surface area contributed by atoms with Crippen molar-refractivity contribution in [3.8, 4) is 11.5 Å². The summed E-state index contributed by atoms with van der Waals surface area (Å²) in [6.45, 7) is 6.29. The van der Waals surface area contributed by atoms with E-state index >= 15 is 0 Å². The molecular formula is C21H32N4O2. The number of nitrogens with zero attached hydrogens (tertiary/aromatic N) is 3. The van der Waals surface area contributed by atoms with Gasteiger partial charge in [-0.3, -0.25) is 10.00 Å². The summed E-state index contributed by atoms with van der Waals surface area (Å²) >= 11 is 0. The Hall–Kier alpha value is -2.05. The van der Waals surface area contributed by atoms with Gasteiger partial charge in [-0.15, -0.1) is 0 Å². The van der Waals surface area contributed by atoms with Crippen LogP contribution in [0.15, 0.2) is 24.3 Å². The van der Waals surface area contributed by atoms with Crippen molar-refractivity contribution in [3.05, 3.63) is 41.2 Å². The number of aromatic nitrogens is 2. The van der Waals surface area contributed by atoms with E-state index < -0.39 is 0 Å². The van der Waals surface area contributed by atoms with E-state index in [4.69, 9.17) is 9.47 Å². The Kier molecular flexibility index (Phi) is 6.74. The van der Waals surface area contributed by atoms with Crippen LogP contribution in [-0.4, -0.2) is 66.9 Å². The summed E-state index contributed by atoms with van der Waals surface area (Å²) in [6, 6.07) is 8.94. The lowest BCUT2D eigenvalue weighted by atomic mass is 10.0. The summed E-state index contributed by atoms with van der Waals surface area (Å²) in [5.41, 5.74) is 3.55. The first-order valence-electron chi connectivity index (χ1n) is 9.73. The van der Waals surface area contributed by atoms with Crippen molar-refractivity contribution in [1.29, 1.82) is 0 Å². The summed E-state index contributed by atoms with van der Waals surface area (Å²) < 4.78 is 10.7. The summed E-state index contributed by atoms with van der Waals surface area (Å²) in [5, 5.41) is 7.43. The number of aromatic amines is 1.